The number of hydrogen-bond acceptors (Lipinski definition) is 8. The Kier molecular flexibility index (Phi) is 4.08. The summed E-state index contributed by atoms with van der Waals surface area (Å²) in [6, 6.07) is 4.03. The number of hydrogen-bond donors (Lipinski definition) is 3. The van der Waals surface area contributed by atoms with Crippen LogP contribution in [0.25, 0.3) is 5.95 Å². The number of rotatable bonds is 5. The molecule has 0 atom stereocenters. The van der Waals surface area contributed by atoms with Crippen molar-refractivity contribution in [2.45, 2.75) is 6.54 Å². The standard InChI is InChI=1S/C11H11BrN8S/c12-8-2-1-7(21-8)5-15-9-16-10(19-13)18-11(17-9)20-4-3-14-6-20/h1-4,6H,5,13H2,(H2,15,16,17,18,19). The van der Waals surface area contributed by atoms with Gasteiger partial charge in [-0.3, -0.25) is 9.99 Å². The van der Waals surface area contributed by atoms with Crippen LogP contribution in [0.3, 0.4) is 0 Å². The maximum absolute atomic E-state index is 5.39. The third kappa shape index (κ3) is 3.35. The molecule has 3 aromatic heterocycles. The lowest BCUT2D eigenvalue weighted by Gasteiger charge is -2.08. The molecule has 0 aliphatic rings. The third-order valence-corrected chi connectivity index (χ3v) is 4.16. The average molecular weight is 367 g/mol. The van der Waals surface area contributed by atoms with E-state index < -0.39 is 0 Å². The van der Waals surface area contributed by atoms with E-state index in [2.05, 4.69) is 46.6 Å². The molecule has 0 aromatic carbocycles. The van der Waals surface area contributed by atoms with E-state index >= 15 is 0 Å². The fraction of sp³-hybridized carbons (Fsp3) is 0.0909. The van der Waals surface area contributed by atoms with E-state index in [0.29, 0.717) is 18.4 Å². The molecule has 3 aromatic rings. The van der Waals surface area contributed by atoms with Crippen molar-refractivity contribution >= 4 is 39.2 Å². The van der Waals surface area contributed by atoms with Crippen LogP contribution in [0.4, 0.5) is 11.9 Å². The first-order valence-electron chi connectivity index (χ1n) is 5.94. The van der Waals surface area contributed by atoms with Gasteiger partial charge in [0.2, 0.25) is 17.8 Å². The number of thiophene rings is 1. The Balaban J connectivity index is 1.82. The molecular weight excluding hydrogens is 356 g/mol. The number of nitrogen functional groups attached to an aromatic ring is 1. The van der Waals surface area contributed by atoms with Crippen molar-refractivity contribution in [2.75, 3.05) is 10.7 Å². The monoisotopic (exact) mass is 366 g/mol. The van der Waals surface area contributed by atoms with E-state index in [0.717, 1.165) is 8.66 Å². The molecule has 0 bridgehead atoms. The third-order valence-electron chi connectivity index (χ3n) is 2.54. The van der Waals surface area contributed by atoms with Gasteiger partial charge in [0.15, 0.2) is 0 Å². The molecule has 3 heterocycles. The molecule has 0 aliphatic heterocycles. The van der Waals surface area contributed by atoms with Crippen molar-refractivity contribution < 1.29 is 0 Å². The van der Waals surface area contributed by atoms with Crippen molar-refractivity contribution in [3.05, 3.63) is 39.5 Å². The molecule has 8 nitrogen and oxygen atoms in total. The van der Waals surface area contributed by atoms with Gasteiger partial charge in [-0.05, 0) is 28.1 Å². The summed E-state index contributed by atoms with van der Waals surface area (Å²) in [5.74, 6) is 6.54. The fourth-order valence-electron chi connectivity index (χ4n) is 1.61. The summed E-state index contributed by atoms with van der Waals surface area (Å²) < 4.78 is 2.76. The molecule has 0 saturated carbocycles. The smallest absolute Gasteiger partial charge is 0.243 e. The topological polar surface area (TPSA) is 107 Å². The van der Waals surface area contributed by atoms with Gasteiger partial charge in [0.05, 0.1) is 10.3 Å². The van der Waals surface area contributed by atoms with E-state index in [1.807, 2.05) is 12.1 Å². The van der Waals surface area contributed by atoms with Gasteiger partial charge < -0.3 is 5.32 Å². The molecule has 0 aliphatic carbocycles. The second kappa shape index (κ2) is 6.16. The Morgan fingerprint density at radius 3 is 2.76 bits per heavy atom. The summed E-state index contributed by atoms with van der Waals surface area (Å²) in [6.07, 6.45) is 5.00. The van der Waals surface area contributed by atoms with Crippen LogP contribution < -0.4 is 16.6 Å². The predicted molar refractivity (Wildman–Crippen MR) is 84.1 cm³/mol. The van der Waals surface area contributed by atoms with Gasteiger partial charge in [0, 0.05) is 17.3 Å². The summed E-state index contributed by atoms with van der Waals surface area (Å²) in [5, 5.41) is 3.15. The fourth-order valence-corrected chi connectivity index (χ4v) is 3.04. The highest BCUT2D eigenvalue weighted by molar-refractivity contribution is 9.11. The summed E-state index contributed by atoms with van der Waals surface area (Å²) in [5.41, 5.74) is 2.43. The maximum atomic E-state index is 5.39. The first-order valence-corrected chi connectivity index (χ1v) is 7.54. The number of nitrogens with one attached hydrogen (secondary N) is 2. The molecule has 0 unspecified atom stereocenters. The van der Waals surface area contributed by atoms with Crippen molar-refractivity contribution in [1.82, 2.24) is 24.5 Å². The maximum Gasteiger partial charge on any atom is 0.243 e. The Bertz CT molecular complexity index is 726. The van der Waals surface area contributed by atoms with Gasteiger partial charge >= 0.3 is 0 Å². The summed E-state index contributed by atoms with van der Waals surface area (Å²) in [4.78, 5) is 17.8. The van der Waals surface area contributed by atoms with Crippen LogP contribution in [-0.4, -0.2) is 24.5 Å². The van der Waals surface area contributed by atoms with Crippen LogP contribution in [0.1, 0.15) is 4.88 Å². The quantitative estimate of drug-likeness (QED) is 0.466. The largest absolute Gasteiger partial charge is 0.349 e. The van der Waals surface area contributed by atoms with Crippen LogP contribution >= 0.6 is 27.3 Å². The lowest BCUT2D eigenvalue weighted by Crippen LogP contribution is -2.15. The second-order valence-corrected chi connectivity index (χ2v) is 6.50. The van der Waals surface area contributed by atoms with E-state index in [1.54, 1.807) is 34.6 Å². The number of anilines is 2. The molecule has 0 radical (unpaired) electrons. The van der Waals surface area contributed by atoms with E-state index in [1.165, 1.54) is 0 Å². The summed E-state index contributed by atoms with van der Waals surface area (Å²) in [7, 11) is 0. The minimum absolute atomic E-state index is 0.281. The molecule has 0 saturated heterocycles. The minimum atomic E-state index is 0.281. The molecule has 0 fully saturated rings. The van der Waals surface area contributed by atoms with E-state index in [9.17, 15) is 0 Å². The molecule has 4 N–H and O–H groups in total. The average Bonchev–Trinajstić information content (AvgIpc) is 3.16. The minimum Gasteiger partial charge on any atom is -0.349 e. The van der Waals surface area contributed by atoms with Crippen LogP contribution in [-0.2, 0) is 6.54 Å². The first-order chi connectivity index (χ1) is 10.2. The van der Waals surface area contributed by atoms with Crippen molar-refractivity contribution in [1.29, 1.82) is 0 Å². The molecule has 10 heteroatoms. The molecule has 0 spiro atoms. The van der Waals surface area contributed by atoms with Gasteiger partial charge in [-0.25, -0.2) is 10.8 Å². The highest BCUT2D eigenvalue weighted by Crippen LogP contribution is 2.22. The first kappa shape index (κ1) is 13.9. The van der Waals surface area contributed by atoms with Crippen molar-refractivity contribution in [3.63, 3.8) is 0 Å². The van der Waals surface area contributed by atoms with Gasteiger partial charge in [0.1, 0.15) is 6.33 Å². The second-order valence-electron chi connectivity index (χ2n) is 3.96. The van der Waals surface area contributed by atoms with Crippen LogP contribution in [0.2, 0.25) is 0 Å². The molecule has 3 rings (SSSR count). The predicted octanol–water partition coefficient (Wildman–Crippen LogP) is 1.78. The Labute approximate surface area is 132 Å². The molecule has 0 amide bonds. The number of nitrogens with two attached hydrogens (primary N) is 1. The van der Waals surface area contributed by atoms with Crippen LogP contribution in [0.5, 0.6) is 0 Å². The van der Waals surface area contributed by atoms with Gasteiger partial charge in [-0.1, -0.05) is 0 Å². The number of halogens is 1. The summed E-state index contributed by atoms with van der Waals surface area (Å²) in [6.45, 7) is 0.619. The number of imidazole rings is 1. The van der Waals surface area contributed by atoms with Crippen molar-refractivity contribution in [3.8, 4) is 5.95 Å². The van der Waals surface area contributed by atoms with Gasteiger partial charge in [0.25, 0.3) is 0 Å². The van der Waals surface area contributed by atoms with E-state index in [-0.39, 0.29) is 5.95 Å². The Hall–Kier alpha value is -2.04. The zero-order chi connectivity index (χ0) is 14.7. The highest BCUT2D eigenvalue weighted by atomic mass is 79.9. The molecular formula is C11H11BrN8S. The zero-order valence-corrected chi connectivity index (χ0v) is 13.1. The number of hydrazine groups is 1. The lowest BCUT2D eigenvalue weighted by atomic mass is 10.5. The summed E-state index contributed by atoms with van der Waals surface area (Å²) >= 11 is 5.08. The highest BCUT2D eigenvalue weighted by Gasteiger charge is 2.07. The molecule has 21 heavy (non-hydrogen) atoms. The normalized spacial score (nSPS) is 10.6. The molecule has 108 valence electrons. The zero-order valence-electron chi connectivity index (χ0n) is 10.7. The van der Waals surface area contributed by atoms with Crippen molar-refractivity contribution in [2.24, 2.45) is 5.84 Å². The van der Waals surface area contributed by atoms with Crippen LogP contribution in [0.15, 0.2) is 34.6 Å². The number of nitrogens with zero attached hydrogens (tertiary/aromatic N) is 5. The van der Waals surface area contributed by atoms with Gasteiger partial charge in [-0.15, -0.1) is 11.3 Å². The number of aromatic nitrogens is 5. The van der Waals surface area contributed by atoms with Gasteiger partial charge in [-0.2, -0.15) is 15.0 Å². The SMILES string of the molecule is NNc1nc(NCc2ccc(Br)s2)nc(-n2ccnc2)n1. The Morgan fingerprint density at radius 1 is 1.24 bits per heavy atom. The van der Waals surface area contributed by atoms with Crippen LogP contribution in [0, 0.1) is 0 Å². The Morgan fingerprint density at radius 2 is 2.10 bits per heavy atom. The lowest BCUT2D eigenvalue weighted by molar-refractivity contribution is 0.889. The van der Waals surface area contributed by atoms with E-state index in [4.69, 9.17) is 5.84 Å².